The highest BCUT2D eigenvalue weighted by Crippen LogP contribution is 2.41. The summed E-state index contributed by atoms with van der Waals surface area (Å²) in [4.78, 5) is 2.65. The van der Waals surface area contributed by atoms with E-state index in [2.05, 4.69) is 33.0 Å². The van der Waals surface area contributed by atoms with Gasteiger partial charge < -0.3 is 5.73 Å². The van der Waals surface area contributed by atoms with Crippen molar-refractivity contribution < 1.29 is 0 Å². The third kappa shape index (κ3) is 2.78. The Morgan fingerprint density at radius 2 is 2.10 bits per heavy atom. The third-order valence-corrected chi connectivity index (χ3v) is 6.22. The van der Waals surface area contributed by atoms with Gasteiger partial charge in [-0.25, -0.2) is 0 Å². The summed E-state index contributed by atoms with van der Waals surface area (Å²) in [6.45, 7) is 1.87. The van der Waals surface area contributed by atoms with Gasteiger partial charge in [0.2, 0.25) is 0 Å². The van der Waals surface area contributed by atoms with E-state index in [4.69, 9.17) is 17.3 Å². The van der Waals surface area contributed by atoms with E-state index < -0.39 is 0 Å². The Morgan fingerprint density at radius 3 is 2.85 bits per heavy atom. The van der Waals surface area contributed by atoms with Crippen molar-refractivity contribution in [2.45, 2.75) is 44.2 Å². The van der Waals surface area contributed by atoms with Crippen LogP contribution < -0.4 is 5.73 Å². The second kappa shape index (κ2) is 6.35. The third-order valence-electron chi connectivity index (χ3n) is 5.01. The van der Waals surface area contributed by atoms with Crippen LogP contribution in [-0.2, 0) is 0 Å². The van der Waals surface area contributed by atoms with Crippen LogP contribution in [0.15, 0.2) is 22.7 Å². The summed E-state index contributed by atoms with van der Waals surface area (Å²) in [6.07, 6.45) is 6.88. The summed E-state index contributed by atoms with van der Waals surface area (Å²) in [5, 5.41) is 0.765. The van der Waals surface area contributed by atoms with E-state index >= 15 is 0 Å². The molecule has 3 rings (SSSR count). The molecule has 1 aromatic rings. The van der Waals surface area contributed by atoms with Gasteiger partial charge in [0.25, 0.3) is 0 Å². The minimum Gasteiger partial charge on any atom is -0.329 e. The number of fused-ring (bicyclic) bond motifs is 1. The van der Waals surface area contributed by atoms with Crippen LogP contribution in [0.1, 0.15) is 43.7 Å². The zero-order valence-electron chi connectivity index (χ0n) is 11.7. The van der Waals surface area contributed by atoms with E-state index in [-0.39, 0.29) is 0 Å². The quantitative estimate of drug-likeness (QED) is 0.870. The number of nitrogens with two attached hydrogens (primary N) is 1. The Labute approximate surface area is 134 Å². The molecule has 0 aromatic heterocycles. The maximum atomic E-state index is 6.11. The first kappa shape index (κ1) is 14.8. The first-order chi connectivity index (χ1) is 9.70. The van der Waals surface area contributed by atoms with E-state index in [1.807, 2.05) is 6.07 Å². The molecule has 4 heteroatoms. The molecule has 1 aromatic carbocycles. The fourth-order valence-corrected chi connectivity index (χ4v) is 4.53. The van der Waals surface area contributed by atoms with Crippen LogP contribution in [0.5, 0.6) is 0 Å². The van der Waals surface area contributed by atoms with Gasteiger partial charge in [-0.2, -0.15) is 0 Å². The number of rotatable bonds is 3. The van der Waals surface area contributed by atoms with Gasteiger partial charge in [0.15, 0.2) is 0 Å². The van der Waals surface area contributed by atoms with E-state index in [1.165, 1.54) is 44.2 Å². The largest absolute Gasteiger partial charge is 0.329 e. The van der Waals surface area contributed by atoms with Gasteiger partial charge in [-0.1, -0.05) is 30.5 Å². The number of likely N-dealkylation sites (tertiary alicyclic amines) is 1. The van der Waals surface area contributed by atoms with Crippen LogP contribution in [0.25, 0.3) is 0 Å². The summed E-state index contributed by atoms with van der Waals surface area (Å²) in [5.74, 6) is 0.897. The fraction of sp³-hybridized carbons (Fsp3) is 0.625. The molecule has 3 unspecified atom stereocenters. The molecule has 2 aliphatic rings. The highest BCUT2D eigenvalue weighted by Gasteiger charge is 2.39. The number of hydrogen-bond acceptors (Lipinski definition) is 2. The standard InChI is InChI=1S/C16H22BrClN2/c17-13-9-12(5-6-14(13)18)16(10-19)20-8-7-11-3-1-2-4-15(11)20/h5-6,9,11,15-16H,1-4,7-8,10,19H2. The number of nitrogens with zero attached hydrogens (tertiary/aromatic N) is 1. The molecular formula is C16H22BrClN2. The smallest absolute Gasteiger partial charge is 0.0548 e. The van der Waals surface area contributed by atoms with Crippen LogP contribution in [-0.4, -0.2) is 24.0 Å². The van der Waals surface area contributed by atoms with Crippen molar-refractivity contribution in [2.24, 2.45) is 11.7 Å². The monoisotopic (exact) mass is 356 g/mol. The molecule has 2 N–H and O–H groups in total. The normalized spacial score (nSPS) is 28.4. The van der Waals surface area contributed by atoms with Crippen LogP contribution in [0.3, 0.4) is 0 Å². The topological polar surface area (TPSA) is 29.3 Å². The molecule has 2 fully saturated rings. The van der Waals surface area contributed by atoms with Crippen LogP contribution in [0.4, 0.5) is 0 Å². The van der Waals surface area contributed by atoms with Crippen LogP contribution >= 0.6 is 27.5 Å². The molecule has 1 aliphatic carbocycles. The summed E-state index contributed by atoms with van der Waals surface area (Å²) < 4.78 is 0.967. The lowest BCUT2D eigenvalue weighted by Crippen LogP contribution is -2.40. The van der Waals surface area contributed by atoms with Crippen LogP contribution in [0.2, 0.25) is 5.02 Å². The fourth-order valence-electron chi connectivity index (χ4n) is 4.01. The molecule has 0 amide bonds. The molecule has 1 saturated heterocycles. The van der Waals surface area contributed by atoms with Crippen molar-refractivity contribution >= 4 is 27.5 Å². The Hall–Kier alpha value is -0.0900. The first-order valence-corrected chi connectivity index (χ1v) is 8.78. The van der Waals surface area contributed by atoms with Crippen molar-refractivity contribution in [3.05, 3.63) is 33.3 Å². The van der Waals surface area contributed by atoms with Crippen molar-refractivity contribution in [2.75, 3.05) is 13.1 Å². The molecule has 0 spiro atoms. The van der Waals surface area contributed by atoms with E-state index in [0.717, 1.165) is 21.5 Å². The van der Waals surface area contributed by atoms with Gasteiger partial charge in [0, 0.05) is 23.1 Å². The van der Waals surface area contributed by atoms with Crippen molar-refractivity contribution in [1.82, 2.24) is 4.90 Å². The molecule has 20 heavy (non-hydrogen) atoms. The molecule has 1 aliphatic heterocycles. The lowest BCUT2D eigenvalue weighted by atomic mass is 9.84. The minimum absolute atomic E-state index is 0.330. The van der Waals surface area contributed by atoms with E-state index in [1.54, 1.807) is 0 Å². The molecule has 110 valence electrons. The highest BCUT2D eigenvalue weighted by molar-refractivity contribution is 9.10. The average Bonchev–Trinajstić information content (AvgIpc) is 2.88. The molecule has 0 radical (unpaired) electrons. The Balaban J connectivity index is 1.84. The lowest BCUT2D eigenvalue weighted by molar-refractivity contribution is 0.135. The second-order valence-electron chi connectivity index (χ2n) is 6.06. The predicted octanol–water partition coefficient (Wildman–Crippen LogP) is 4.37. The lowest BCUT2D eigenvalue weighted by Gasteiger charge is -2.37. The molecule has 0 bridgehead atoms. The summed E-state index contributed by atoms with van der Waals surface area (Å²) >= 11 is 9.64. The maximum Gasteiger partial charge on any atom is 0.0548 e. The zero-order valence-corrected chi connectivity index (χ0v) is 14.0. The maximum absolute atomic E-state index is 6.11. The Bertz CT molecular complexity index is 480. The highest BCUT2D eigenvalue weighted by atomic mass is 79.9. The van der Waals surface area contributed by atoms with Crippen molar-refractivity contribution in [1.29, 1.82) is 0 Å². The Morgan fingerprint density at radius 1 is 1.30 bits per heavy atom. The van der Waals surface area contributed by atoms with Gasteiger partial charge in [-0.15, -0.1) is 0 Å². The van der Waals surface area contributed by atoms with Gasteiger partial charge >= 0.3 is 0 Å². The minimum atomic E-state index is 0.330. The molecule has 1 saturated carbocycles. The Kier molecular flexibility index (Phi) is 4.71. The average molecular weight is 358 g/mol. The first-order valence-electron chi connectivity index (χ1n) is 7.61. The number of halogens is 2. The SMILES string of the molecule is NCC(c1ccc(Cl)c(Br)c1)N1CCC2CCCCC21. The predicted molar refractivity (Wildman–Crippen MR) is 88.0 cm³/mol. The second-order valence-corrected chi connectivity index (χ2v) is 7.32. The summed E-state index contributed by atoms with van der Waals surface area (Å²) in [6, 6.07) is 7.30. The van der Waals surface area contributed by atoms with Gasteiger partial charge in [0.1, 0.15) is 0 Å². The van der Waals surface area contributed by atoms with Gasteiger partial charge in [0.05, 0.1) is 5.02 Å². The molecular weight excluding hydrogens is 336 g/mol. The zero-order chi connectivity index (χ0) is 14.1. The van der Waals surface area contributed by atoms with E-state index in [0.29, 0.717) is 12.6 Å². The van der Waals surface area contributed by atoms with Crippen LogP contribution in [0, 0.1) is 5.92 Å². The summed E-state index contributed by atoms with van der Waals surface area (Å²) in [7, 11) is 0. The van der Waals surface area contributed by atoms with Gasteiger partial charge in [-0.05, 0) is 65.4 Å². The van der Waals surface area contributed by atoms with Crippen molar-refractivity contribution in [3.8, 4) is 0 Å². The summed E-state index contributed by atoms with van der Waals surface area (Å²) in [5.41, 5.74) is 7.39. The molecule has 3 atom stereocenters. The molecule has 2 nitrogen and oxygen atoms in total. The van der Waals surface area contributed by atoms with Crippen molar-refractivity contribution in [3.63, 3.8) is 0 Å². The van der Waals surface area contributed by atoms with E-state index in [9.17, 15) is 0 Å². The number of benzene rings is 1. The number of hydrogen-bond donors (Lipinski definition) is 1. The van der Waals surface area contributed by atoms with Gasteiger partial charge in [-0.3, -0.25) is 4.90 Å². The molecule has 1 heterocycles.